The largest absolute Gasteiger partial charge is 0.369 e. The Morgan fingerprint density at radius 3 is 2.88 bits per heavy atom. The first-order chi connectivity index (χ1) is 8.13. The molecule has 1 aromatic heterocycles. The van der Waals surface area contributed by atoms with Crippen LogP contribution in [0.4, 0.5) is 5.82 Å². The topological polar surface area (TPSA) is 37.8 Å². The second-order valence-corrected chi connectivity index (χ2v) is 6.20. The van der Waals surface area contributed by atoms with Crippen LogP contribution in [0.5, 0.6) is 0 Å². The molecular formula is C12H20BrN3S. The first-order valence-electron chi connectivity index (χ1n) is 5.96. The predicted octanol–water partition coefficient (Wildman–Crippen LogP) is 3.95. The summed E-state index contributed by atoms with van der Waals surface area (Å²) in [6, 6.07) is 0. The molecule has 96 valence electrons. The van der Waals surface area contributed by atoms with Crippen molar-refractivity contribution in [1.29, 1.82) is 0 Å². The lowest BCUT2D eigenvalue weighted by Gasteiger charge is -2.08. The van der Waals surface area contributed by atoms with Gasteiger partial charge in [0.1, 0.15) is 11.6 Å². The molecule has 0 aliphatic rings. The standard InChI is InChI=1S/C12H20BrN3S/c1-4-5-14-12-10(13)6-15-11(16-12)8-17-7-9(2)3/h6,9H,4-5,7-8H2,1-3H3,(H,14,15,16). The van der Waals surface area contributed by atoms with Crippen LogP contribution >= 0.6 is 27.7 Å². The van der Waals surface area contributed by atoms with Crippen molar-refractivity contribution in [3.8, 4) is 0 Å². The van der Waals surface area contributed by atoms with Gasteiger partial charge in [-0.3, -0.25) is 0 Å². The maximum absolute atomic E-state index is 4.52. The molecule has 0 bridgehead atoms. The fourth-order valence-corrected chi connectivity index (χ4v) is 2.47. The molecule has 1 N–H and O–H groups in total. The zero-order chi connectivity index (χ0) is 12.7. The van der Waals surface area contributed by atoms with Gasteiger partial charge in [-0.15, -0.1) is 0 Å². The molecule has 0 spiro atoms. The molecule has 1 aromatic rings. The van der Waals surface area contributed by atoms with Crippen molar-refractivity contribution in [2.75, 3.05) is 17.6 Å². The van der Waals surface area contributed by atoms with Gasteiger partial charge in [0.25, 0.3) is 0 Å². The normalized spacial score (nSPS) is 10.9. The molecule has 0 aromatic carbocycles. The minimum atomic E-state index is 0.716. The maximum atomic E-state index is 4.52. The Hall–Kier alpha value is -0.290. The summed E-state index contributed by atoms with van der Waals surface area (Å²) >= 11 is 5.34. The van der Waals surface area contributed by atoms with Gasteiger partial charge in [0.05, 0.1) is 10.2 Å². The quantitative estimate of drug-likeness (QED) is 0.826. The van der Waals surface area contributed by atoms with Crippen LogP contribution in [0.1, 0.15) is 33.0 Å². The van der Waals surface area contributed by atoms with Crippen LogP contribution in [-0.4, -0.2) is 22.3 Å². The van der Waals surface area contributed by atoms with Gasteiger partial charge in [0.2, 0.25) is 0 Å². The fourth-order valence-electron chi connectivity index (χ4n) is 1.23. The third-order valence-corrected chi connectivity index (χ3v) is 3.96. The highest BCUT2D eigenvalue weighted by Crippen LogP contribution is 2.20. The summed E-state index contributed by atoms with van der Waals surface area (Å²) in [5.41, 5.74) is 0. The molecule has 0 saturated heterocycles. The molecule has 0 radical (unpaired) electrons. The third-order valence-electron chi connectivity index (χ3n) is 2.02. The van der Waals surface area contributed by atoms with E-state index in [0.29, 0.717) is 5.92 Å². The van der Waals surface area contributed by atoms with Gasteiger partial charge in [-0.05, 0) is 34.0 Å². The Labute approximate surface area is 116 Å². The van der Waals surface area contributed by atoms with Crippen LogP contribution in [0.2, 0.25) is 0 Å². The van der Waals surface area contributed by atoms with Gasteiger partial charge in [0.15, 0.2) is 0 Å². The molecule has 3 nitrogen and oxygen atoms in total. The average molecular weight is 318 g/mol. The van der Waals surface area contributed by atoms with Crippen molar-refractivity contribution in [1.82, 2.24) is 9.97 Å². The van der Waals surface area contributed by atoms with E-state index in [1.54, 1.807) is 0 Å². The summed E-state index contributed by atoms with van der Waals surface area (Å²) in [6.45, 7) is 7.53. The summed E-state index contributed by atoms with van der Waals surface area (Å²) in [6.07, 6.45) is 2.92. The minimum Gasteiger partial charge on any atom is -0.369 e. The number of thioether (sulfide) groups is 1. The molecule has 0 unspecified atom stereocenters. The van der Waals surface area contributed by atoms with Crippen LogP contribution in [0.15, 0.2) is 10.7 Å². The predicted molar refractivity (Wildman–Crippen MR) is 79.5 cm³/mol. The summed E-state index contributed by atoms with van der Waals surface area (Å²) in [5.74, 6) is 4.55. The molecule has 0 aliphatic carbocycles. The van der Waals surface area contributed by atoms with Gasteiger partial charge in [-0.25, -0.2) is 9.97 Å². The molecule has 0 amide bonds. The van der Waals surface area contributed by atoms with Gasteiger partial charge in [-0.2, -0.15) is 11.8 Å². The van der Waals surface area contributed by atoms with E-state index in [4.69, 9.17) is 0 Å². The summed E-state index contributed by atoms with van der Waals surface area (Å²) < 4.78 is 0.934. The van der Waals surface area contributed by atoms with E-state index in [0.717, 1.165) is 40.6 Å². The Kier molecular flexibility index (Phi) is 6.89. The van der Waals surface area contributed by atoms with E-state index in [1.807, 2.05) is 18.0 Å². The molecule has 0 fully saturated rings. The smallest absolute Gasteiger partial charge is 0.144 e. The summed E-state index contributed by atoms with van der Waals surface area (Å²) in [5, 5.41) is 3.29. The van der Waals surface area contributed by atoms with Gasteiger partial charge in [-0.1, -0.05) is 20.8 Å². The van der Waals surface area contributed by atoms with Crippen molar-refractivity contribution in [2.45, 2.75) is 32.9 Å². The van der Waals surface area contributed by atoms with E-state index in [9.17, 15) is 0 Å². The number of nitrogens with one attached hydrogen (secondary N) is 1. The second kappa shape index (κ2) is 7.93. The van der Waals surface area contributed by atoms with E-state index in [1.165, 1.54) is 0 Å². The Bertz CT molecular complexity index is 345. The monoisotopic (exact) mass is 317 g/mol. The van der Waals surface area contributed by atoms with Crippen molar-refractivity contribution >= 4 is 33.5 Å². The van der Waals surface area contributed by atoms with Gasteiger partial charge in [0, 0.05) is 12.7 Å². The molecular weight excluding hydrogens is 298 g/mol. The lowest BCUT2D eigenvalue weighted by molar-refractivity contribution is 0.749. The molecule has 1 rings (SSSR count). The van der Waals surface area contributed by atoms with Crippen molar-refractivity contribution < 1.29 is 0 Å². The first kappa shape index (κ1) is 14.8. The summed E-state index contributed by atoms with van der Waals surface area (Å²) in [4.78, 5) is 8.84. The number of aromatic nitrogens is 2. The molecule has 0 atom stereocenters. The van der Waals surface area contributed by atoms with Crippen LogP contribution < -0.4 is 5.32 Å². The first-order valence-corrected chi connectivity index (χ1v) is 7.91. The number of hydrogen-bond donors (Lipinski definition) is 1. The number of halogens is 1. The number of hydrogen-bond acceptors (Lipinski definition) is 4. The van der Waals surface area contributed by atoms with Gasteiger partial charge >= 0.3 is 0 Å². The van der Waals surface area contributed by atoms with Crippen molar-refractivity contribution in [2.24, 2.45) is 5.92 Å². The highest BCUT2D eigenvalue weighted by Gasteiger charge is 2.05. The third kappa shape index (κ3) is 5.73. The van der Waals surface area contributed by atoms with Crippen LogP contribution in [0.3, 0.4) is 0 Å². The Balaban J connectivity index is 2.55. The van der Waals surface area contributed by atoms with E-state index < -0.39 is 0 Å². The minimum absolute atomic E-state index is 0.716. The van der Waals surface area contributed by atoms with Crippen molar-refractivity contribution in [3.05, 3.63) is 16.5 Å². The second-order valence-electron chi connectivity index (χ2n) is 4.32. The number of rotatable bonds is 7. The highest BCUT2D eigenvalue weighted by molar-refractivity contribution is 9.10. The SMILES string of the molecule is CCCNc1nc(CSCC(C)C)ncc1Br. The lowest BCUT2D eigenvalue weighted by Crippen LogP contribution is -2.05. The zero-order valence-electron chi connectivity index (χ0n) is 10.7. The molecule has 0 saturated carbocycles. The zero-order valence-corrected chi connectivity index (χ0v) is 13.1. The highest BCUT2D eigenvalue weighted by atomic mass is 79.9. The van der Waals surface area contributed by atoms with E-state index in [2.05, 4.69) is 52.0 Å². The van der Waals surface area contributed by atoms with E-state index in [-0.39, 0.29) is 0 Å². The van der Waals surface area contributed by atoms with Gasteiger partial charge < -0.3 is 5.32 Å². The van der Waals surface area contributed by atoms with Crippen LogP contribution in [-0.2, 0) is 5.75 Å². The Morgan fingerprint density at radius 1 is 1.47 bits per heavy atom. The van der Waals surface area contributed by atoms with Crippen LogP contribution in [0.25, 0.3) is 0 Å². The molecule has 17 heavy (non-hydrogen) atoms. The van der Waals surface area contributed by atoms with Crippen LogP contribution in [0, 0.1) is 5.92 Å². The lowest BCUT2D eigenvalue weighted by atomic mass is 10.3. The Morgan fingerprint density at radius 2 is 2.24 bits per heavy atom. The average Bonchev–Trinajstić information content (AvgIpc) is 2.29. The maximum Gasteiger partial charge on any atom is 0.144 e. The van der Waals surface area contributed by atoms with Crippen molar-refractivity contribution in [3.63, 3.8) is 0 Å². The number of nitrogens with zero attached hydrogens (tertiary/aromatic N) is 2. The summed E-state index contributed by atoms with van der Waals surface area (Å²) in [7, 11) is 0. The number of anilines is 1. The molecule has 0 aliphatic heterocycles. The fraction of sp³-hybridized carbons (Fsp3) is 0.667. The molecule has 5 heteroatoms. The molecule has 1 heterocycles. The van der Waals surface area contributed by atoms with E-state index >= 15 is 0 Å².